The summed E-state index contributed by atoms with van der Waals surface area (Å²) in [5.41, 5.74) is 6.30. The van der Waals surface area contributed by atoms with Gasteiger partial charge in [0.15, 0.2) is 0 Å². The van der Waals surface area contributed by atoms with E-state index in [2.05, 4.69) is 0 Å². The highest BCUT2D eigenvalue weighted by atomic mass is 16.5. The van der Waals surface area contributed by atoms with Gasteiger partial charge in [0.25, 0.3) is 0 Å². The zero-order chi connectivity index (χ0) is 11.4. The number of anilines is 1. The van der Waals surface area contributed by atoms with Gasteiger partial charge in [-0.3, -0.25) is 4.79 Å². The van der Waals surface area contributed by atoms with E-state index in [0.29, 0.717) is 0 Å². The minimum atomic E-state index is -0.499. The third-order valence-corrected chi connectivity index (χ3v) is 2.16. The van der Waals surface area contributed by atoms with Crippen molar-refractivity contribution < 1.29 is 9.53 Å². The van der Waals surface area contributed by atoms with Crippen molar-refractivity contribution in [2.75, 3.05) is 19.1 Å². The highest BCUT2D eigenvalue weighted by Crippen LogP contribution is 2.20. The number of nitrogens with zero attached hydrogens (tertiary/aromatic N) is 1. The molecule has 1 aromatic rings. The molecule has 0 radical (unpaired) electrons. The minimum absolute atomic E-state index is 0.122. The summed E-state index contributed by atoms with van der Waals surface area (Å²) in [6.07, 6.45) is 0. The molecule has 4 heteroatoms. The second-order valence-corrected chi connectivity index (χ2v) is 3.39. The van der Waals surface area contributed by atoms with Crippen LogP contribution in [-0.2, 0) is 4.79 Å². The Bertz CT molecular complexity index is 350. The second-order valence-electron chi connectivity index (χ2n) is 3.39. The van der Waals surface area contributed by atoms with Crippen LogP contribution in [0.3, 0.4) is 0 Å². The SMILES string of the molecule is COc1cccc(N(C)C(=O)[C@@H](C)N)c1. The van der Waals surface area contributed by atoms with Gasteiger partial charge in [0.05, 0.1) is 13.2 Å². The largest absolute Gasteiger partial charge is 0.497 e. The summed E-state index contributed by atoms with van der Waals surface area (Å²) in [7, 11) is 3.28. The van der Waals surface area contributed by atoms with Crippen molar-refractivity contribution in [2.45, 2.75) is 13.0 Å². The third kappa shape index (κ3) is 2.70. The van der Waals surface area contributed by atoms with Crippen LogP contribution in [0.4, 0.5) is 5.69 Å². The molecule has 0 bridgehead atoms. The zero-order valence-corrected chi connectivity index (χ0v) is 9.23. The van der Waals surface area contributed by atoms with E-state index in [0.717, 1.165) is 11.4 Å². The lowest BCUT2D eigenvalue weighted by atomic mass is 10.2. The molecule has 2 N–H and O–H groups in total. The van der Waals surface area contributed by atoms with E-state index in [1.807, 2.05) is 18.2 Å². The first kappa shape index (κ1) is 11.5. The second kappa shape index (κ2) is 4.79. The summed E-state index contributed by atoms with van der Waals surface area (Å²) < 4.78 is 5.08. The fourth-order valence-corrected chi connectivity index (χ4v) is 1.25. The normalized spacial score (nSPS) is 12.0. The molecular weight excluding hydrogens is 192 g/mol. The van der Waals surface area contributed by atoms with Gasteiger partial charge >= 0.3 is 0 Å². The highest BCUT2D eigenvalue weighted by Gasteiger charge is 2.14. The lowest BCUT2D eigenvalue weighted by Crippen LogP contribution is -2.39. The molecule has 0 aliphatic rings. The number of carbonyl (C=O) groups excluding carboxylic acids is 1. The van der Waals surface area contributed by atoms with Crippen molar-refractivity contribution in [1.82, 2.24) is 0 Å². The average Bonchev–Trinajstić information content (AvgIpc) is 2.27. The van der Waals surface area contributed by atoms with E-state index in [1.165, 1.54) is 4.90 Å². The molecule has 0 aromatic heterocycles. The van der Waals surface area contributed by atoms with Crippen LogP contribution in [0, 0.1) is 0 Å². The lowest BCUT2D eigenvalue weighted by molar-refractivity contribution is -0.119. The van der Waals surface area contributed by atoms with Crippen LogP contribution >= 0.6 is 0 Å². The predicted molar refractivity (Wildman–Crippen MR) is 60.1 cm³/mol. The molecular formula is C11H16N2O2. The van der Waals surface area contributed by atoms with E-state index < -0.39 is 6.04 Å². The molecule has 82 valence electrons. The number of likely N-dealkylation sites (N-methyl/N-ethyl adjacent to an activating group) is 1. The maximum Gasteiger partial charge on any atom is 0.243 e. The van der Waals surface area contributed by atoms with Crippen LogP contribution in [0.2, 0.25) is 0 Å². The maximum atomic E-state index is 11.6. The summed E-state index contributed by atoms with van der Waals surface area (Å²) in [4.78, 5) is 13.1. The Morgan fingerprint density at radius 1 is 1.53 bits per heavy atom. The molecule has 1 amide bonds. The summed E-state index contributed by atoms with van der Waals surface area (Å²) in [5.74, 6) is 0.597. The van der Waals surface area contributed by atoms with E-state index in [4.69, 9.17) is 10.5 Å². The first-order chi connectivity index (χ1) is 7.06. The molecule has 0 saturated carbocycles. The summed E-state index contributed by atoms with van der Waals surface area (Å²) in [6.45, 7) is 1.67. The van der Waals surface area contributed by atoms with E-state index in [-0.39, 0.29) is 5.91 Å². The Kier molecular flexibility index (Phi) is 3.68. The van der Waals surface area contributed by atoms with Gasteiger partial charge in [0.2, 0.25) is 5.91 Å². The van der Waals surface area contributed by atoms with Crippen LogP contribution in [0.1, 0.15) is 6.92 Å². The topological polar surface area (TPSA) is 55.6 Å². The maximum absolute atomic E-state index is 11.6. The molecule has 0 unspecified atom stereocenters. The first-order valence-corrected chi connectivity index (χ1v) is 4.73. The molecule has 0 aliphatic carbocycles. The molecule has 0 heterocycles. The fraction of sp³-hybridized carbons (Fsp3) is 0.364. The first-order valence-electron chi connectivity index (χ1n) is 4.73. The Labute approximate surface area is 89.6 Å². The van der Waals surface area contributed by atoms with Gasteiger partial charge < -0.3 is 15.4 Å². The molecule has 0 saturated heterocycles. The summed E-state index contributed by atoms with van der Waals surface area (Å²) in [5, 5.41) is 0. The Morgan fingerprint density at radius 2 is 2.20 bits per heavy atom. The smallest absolute Gasteiger partial charge is 0.243 e. The molecule has 4 nitrogen and oxygen atoms in total. The molecule has 1 aromatic carbocycles. The molecule has 1 rings (SSSR count). The number of nitrogens with two attached hydrogens (primary N) is 1. The van der Waals surface area contributed by atoms with Crippen LogP contribution in [0.15, 0.2) is 24.3 Å². The van der Waals surface area contributed by atoms with Crippen molar-refractivity contribution in [3.63, 3.8) is 0 Å². The standard InChI is InChI=1S/C11H16N2O2/c1-8(12)11(14)13(2)9-5-4-6-10(7-9)15-3/h4-8H,12H2,1-3H3/t8-/m1/s1. The highest BCUT2D eigenvalue weighted by molar-refractivity contribution is 5.96. The zero-order valence-electron chi connectivity index (χ0n) is 9.23. The third-order valence-electron chi connectivity index (χ3n) is 2.16. The van der Waals surface area contributed by atoms with Crippen molar-refractivity contribution in [3.8, 4) is 5.75 Å². The van der Waals surface area contributed by atoms with E-state index >= 15 is 0 Å². The van der Waals surface area contributed by atoms with Crippen LogP contribution in [0.5, 0.6) is 5.75 Å². The molecule has 1 atom stereocenters. The molecule has 0 fully saturated rings. The average molecular weight is 208 g/mol. The van der Waals surface area contributed by atoms with Crippen molar-refractivity contribution in [1.29, 1.82) is 0 Å². The van der Waals surface area contributed by atoms with E-state index in [9.17, 15) is 4.79 Å². The number of ether oxygens (including phenoxy) is 1. The van der Waals surface area contributed by atoms with E-state index in [1.54, 1.807) is 27.1 Å². The van der Waals surface area contributed by atoms with Crippen LogP contribution in [0.25, 0.3) is 0 Å². The quantitative estimate of drug-likeness (QED) is 0.806. The number of methoxy groups -OCH3 is 1. The fourth-order valence-electron chi connectivity index (χ4n) is 1.25. The summed E-state index contributed by atoms with van der Waals surface area (Å²) >= 11 is 0. The molecule has 0 spiro atoms. The van der Waals surface area contributed by atoms with Gasteiger partial charge in [0, 0.05) is 18.8 Å². The van der Waals surface area contributed by atoms with Gasteiger partial charge in [-0.25, -0.2) is 0 Å². The van der Waals surface area contributed by atoms with Crippen LogP contribution in [-0.4, -0.2) is 26.1 Å². The predicted octanol–water partition coefficient (Wildman–Crippen LogP) is 1.01. The van der Waals surface area contributed by atoms with Gasteiger partial charge in [-0.15, -0.1) is 0 Å². The Morgan fingerprint density at radius 3 is 2.73 bits per heavy atom. The van der Waals surface area contributed by atoms with Gasteiger partial charge in [-0.1, -0.05) is 6.07 Å². The van der Waals surface area contributed by atoms with Gasteiger partial charge in [-0.05, 0) is 19.1 Å². The van der Waals surface area contributed by atoms with Crippen LogP contribution < -0.4 is 15.4 Å². The Hall–Kier alpha value is -1.55. The number of benzene rings is 1. The monoisotopic (exact) mass is 208 g/mol. The summed E-state index contributed by atoms with van der Waals surface area (Å²) in [6, 6.07) is 6.79. The number of amides is 1. The number of hydrogen-bond donors (Lipinski definition) is 1. The minimum Gasteiger partial charge on any atom is -0.497 e. The van der Waals surface area contributed by atoms with Crippen molar-refractivity contribution in [2.24, 2.45) is 5.73 Å². The van der Waals surface area contributed by atoms with Gasteiger partial charge in [-0.2, -0.15) is 0 Å². The molecule has 15 heavy (non-hydrogen) atoms. The number of hydrogen-bond acceptors (Lipinski definition) is 3. The Balaban J connectivity index is 2.90. The number of carbonyl (C=O) groups is 1. The molecule has 0 aliphatic heterocycles. The lowest BCUT2D eigenvalue weighted by Gasteiger charge is -2.19. The van der Waals surface area contributed by atoms with Crippen molar-refractivity contribution in [3.05, 3.63) is 24.3 Å². The van der Waals surface area contributed by atoms with Crippen molar-refractivity contribution >= 4 is 11.6 Å². The van der Waals surface area contributed by atoms with Gasteiger partial charge in [0.1, 0.15) is 5.75 Å². The number of rotatable bonds is 3.